The zero-order chi connectivity index (χ0) is 20.0. The van der Waals surface area contributed by atoms with E-state index in [4.69, 9.17) is 4.74 Å². The smallest absolute Gasteiger partial charge is 0.125 e. The lowest BCUT2D eigenvalue weighted by atomic mass is 9.81. The van der Waals surface area contributed by atoms with Gasteiger partial charge in [0.2, 0.25) is 0 Å². The zero-order valence-electron chi connectivity index (χ0n) is 16.1. The first-order valence-electron chi connectivity index (χ1n) is 10.2. The Labute approximate surface area is 168 Å². The Morgan fingerprint density at radius 1 is 1.21 bits per heavy atom. The van der Waals surface area contributed by atoms with Crippen molar-refractivity contribution in [2.75, 3.05) is 19.6 Å². The number of nitrogens with one attached hydrogen (secondary N) is 1. The minimum Gasteiger partial charge on any atom is -0.487 e. The van der Waals surface area contributed by atoms with Gasteiger partial charge in [-0.1, -0.05) is 18.2 Å². The number of nitrogens with zero attached hydrogens (tertiary/aromatic N) is 1. The van der Waals surface area contributed by atoms with Gasteiger partial charge in [0.1, 0.15) is 17.2 Å². The summed E-state index contributed by atoms with van der Waals surface area (Å²) in [6, 6.07) is 12.3. The number of hydrogen-bond acceptors (Lipinski definition) is 4. The maximum Gasteiger partial charge on any atom is 0.125 e. The van der Waals surface area contributed by atoms with Crippen molar-refractivity contribution in [1.29, 1.82) is 0 Å². The molecular weight excluding hydrogens is 371 g/mol. The third-order valence-corrected chi connectivity index (χ3v) is 6.40. The van der Waals surface area contributed by atoms with Gasteiger partial charge < -0.3 is 24.8 Å². The molecule has 1 spiro atoms. The molecule has 152 valence electrons. The van der Waals surface area contributed by atoms with Crippen molar-refractivity contribution in [2.24, 2.45) is 0 Å². The first kappa shape index (κ1) is 18.6. The van der Waals surface area contributed by atoms with Crippen LogP contribution in [-0.4, -0.2) is 45.3 Å². The molecule has 2 aliphatic heterocycles. The number of aromatic amines is 1. The van der Waals surface area contributed by atoms with Crippen LogP contribution in [-0.2, 0) is 0 Å². The van der Waals surface area contributed by atoms with Crippen LogP contribution in [0.5, 0.6) is 5.75 Å². The third-order valence-electron chi connectivity index (χ3n) is 6.40. The highest BCUT2D eigenvalue weighted by molar-refractivity contribution is 5.83. The number of β-amino-alcohol motifs (C(OH)–C–C–N with tert-alkyl or cyclic N) is 1. The summed E-state index contributed by atoms with van der Waals surface area (Å²) in [5, 5.41) is 22.1. The van der Waals surface area contributed by atoms with E-state index in [9.17, 15) is 14.6 Å². The molecule has 1 aromatic heterocycles. The van der Waals surface area contributed by atoms with Gasteiger partial charge in [-0.3, -0.25) is 0 Å². The van der Waals surface area contributed by atoms with Crippen LogP contribution in [0.25, 0.3) is 10.9 Å². The van der Waals surface area contributed by atoms with Gasteiger partial charge in [-0.15, -0.1) is 0 Å². The maximum atomic E-state index is 13.6. The lowest BCUT2D eigenvalue weighted by Crippen LogP contribution is -2.51. The van der Waals surface area contributed by atoms with E-state index in [0.717, 1.165) is 53.7 Å². The number of benzene rings is 2. The van der Waals surface area contributed by atoms with Crippen LogP contribution in [0.2, 0.25) is 0 Å². The molecule has 0 saturated carbocycles. The number of hydrogen-bond donors (Lipinski definition) is 3. The third kappa shape index (κ3) is 3.41. The average Bonchev–Trinajstić information content (AvgIpc) is 3.13. The number of aromatic nitrogens is 1. The van der Waals surface area contributed by atoms with Crippen molar-refractivity contribution in [2.45, 2.75) is 37.1 Å². The lowest BCUT2D eigenvalue weighted by molar-refractivity contribution is -0.0587. The summed E-state index contributed by atoms with van der Waals surface area (Å²) >= 11 is 0. The molecule has 2 aliphatic rings. The molecule has 0 bridgehead atoms. The molecule has 6 heteroatoms. The van der Waals surface area contributed by atoms with Gasteiger partial charge in [0.25, 0.3) is 0 Å². The Bertz CT molecular complexity index is 1030. The summed E-state index contributed by atoms with van der Waals surface area (Å²) in [5.41, 5.74) is 2.06. The second kappa shape index (κ2) is 7.13. The highest BCUT2D eigenvalue weighted by Gasteiger charge is 2.43. The van der Waals surface area contributed by atoms with Crippen LogP contribution in [0.1, 0.15) is 42.6 Å². The van der Waals surface area contributed by atoms with Crippen molar-refractivity contribution in [3.05, 3.63) is 65.6 Å². The zero-order valence-corrected chi connectivity index (χ0v) is 16.1. The van der Waals surface area contributed by atoms with Crippen molar-refractivity contribution >= 4 is 10.9 Å². The monoisotopic (exact) mass is 396 g/mol. The standard InChI is InChI=1S/C23H25FN2O3/c24-15-5-6-19-17(11-15)18(13-25-19)21(28)14-26-9-7-23(8-10-26)12-20(27)16-3-1-2-4-22(16)29-23/h1-6,11,13,20-21,25,27-28H,7-10,12,14H2/t20-,21+/m1/s1. The van der Waals surface area contributed by atoms with Crippen molar-refractivity contribution < 1.29 is 19.3 Å². The van der Waals surface area contributed by atoms with Gasteiger partial charge in [-0.25, -0.2) is 4.39 Å². The molecule has 3 aromatic rings. The molecule has 0 aliphatic carbocycles. The predicted molar refractivity (Wildman–Crippen MR) is 108 cm³/mol. The first-order valence-corrected chi connectivity index (χ1v) is 10.2. The summed E-state index contributed by atoms with van der Waals surface area (Å²) in [7, 11) is 0. The molecule has 3 heterocycles. The Kier molecular flexibility index (Phi) is 4.57. The molecule has 0 unspecified atom stereocenters. The minimum atomic E-state index is -0.696. The van der Waals surface area contributed by atoms with Crippen LogP contribution >= 0.6 is 0 Å². The fourth-order valence-electron chi connectivity index (χ4n) is 4.77. The summed E-state index contributed by atoms with van der Waals surface area (Å²) in [6.07, 6.45) is 2.76. The van der Waals surface area contributed by atoms with Gasteiger partial charge in [0, 0.05) is 54.3 Å². The molecule has 1 fully saturated rings. The van der Waals surface area contributed by atoms with E-state index < -0.39 is 12.2 Å². The summed E-state index contributed by atoms with van der Waals surface area (Å²) in [4.78, 5) is 5.31. The summed E-state index contributed by atoms with van der Waals surface area (Å²) in [6.45, 7) is 2.05. The van der Waals surface area contributed by atoms with E-state index >= 15 is 0 Å². The van der Waals surface area contributed by atoms with E-state index in [1.807, 2.05) is 24.3 Å². The molecule has 2 aromatic carbocycles. The number of piperidine rings is 1. The largest absolute Gasteiger partial charge is 0.487 e. The van der Waals surface area contributed by atoms with Crippen molar-refractivity contribution in [3.8, 4) is 5.75 Å². The number of halogens is 1. The molecule has 29 heavy (non-hydrogen) atoms. The second-order valence-electron chi connectivity index (χ2n) is 8.29. The number of ether oxygens (including phenoxy) is 1. The van der Waals surface area contributed by atoms with Gasteiger partial charge in [-0.05, 0) is 37.1 Å². The predicted octanol–water partition coefficient (Wildman–Crippen LogP) is 3.69. The summed E-state index contributed by atoms with van der Waals surface area (Å²) < 4.78 is 19.9. The topological polar surface area (TPSA) is 68.7 Å². The van der Waals surface area contributed by atoms with E-state index in [0.29, 0.717) is 13.0 Å². The molecule has 0 amide bonds. The van der Waals surface area contributed by atoms with Crippen LogP contribution in [0, 0.1) is 5.82 Å². The minimum absolute atomic E-state index is 0.307. The molecule has 1 saturated heterocycles. The fraction of sp³-hybridized carbons (Fsp3) is 0.391. The molecule has 5 rings (SSSR count). The fourth-order valence-corrected chi connectivity index (χ4v) is 4.77. The number of H-pyrrole nitrogens is 1. The molecule has 3 N–H and O–H groups in total. The Hall–Kier alpha value is -2.41. The molecular formula is C23H25FN2O3. The van der Waals surface area contributed by atoms with Gasteiger partial charge in [0.15, 0.2) is 0 Å². The quantitative estimate of drug-likeness (QED) is 0.632. The average molecular weight is 396 g/mol. The second-order valence-corrected chi connectivity index (χ2v) is 8.29. The highest BCUT2D eigenvalue weighted by atomic mass is 19.1. The van der Waals surface area contributed by atoms with Crippen LogP contribution in [0.4, 0.5) is 4.39 Å². The van der Waals surface area contributed by atoms with E-state index in [-0.39, 0.29) is 11.4 Å². The first-order chi connectivity index (χ1) is 14.0. The normalized spacial score (nSPS) is 22.4. The number of fused-ring (bicyclic) bond motifs is 2. The lowest BCUT2D eigenvalue weighted by Gasteiger charge is -2.46. The Morgan fingerprint density at radius 2 is 2.00 bits per heavy atom. The Morgan fingerprint density at radius 3 is 2.83 bits per heavy atom. The SMILES string of the molecule is O[C@@H]1CC2(CCN(C[C@H](O)c3c[nH]c4ccc(F)cc34)CC2)Oc2ccccc21. The van der Waals surface area contributed by atoms with Crippen molar-refractivity contribution in [3.63, 3.8) is 0 Å². The maximum absolute atomic E-state index is 13.6. The van der Waals surface area contributed by atoms with Crippen LogP contribution in [0.15, 0.2) is 48.7 Å². The molecule has 0 radical (unpaired) electrons. The summed E-state index contributed by atoms with van der Waals surface area (Å²) in [5.74, 6) is 0.472. The van der Waals surface area contributed by atoms with E-state index in [1.165, 1.54) is 12.1 Å². The molecule has 2 atom stereocenters. The van der Waals surface area contributed by atoms with E-state index in [1.54, 1.807) is 12.3 Å². The Balaban J connectivity index is 1.26. The van der Waals surface area contributed by atoms with Crippen LogP contribution in [0.3, 0.4) is 0 Å². The number of aliphatic hydroxyl groups is 2. The van der Waals surface area contributed by atoms with Gasteiger partial charge >= 0.3 is 0 Å². The van der Waals surface area contributed by atoms with Gasteiger partial charge in [0.05, 0.1) is 12.2 Å². The van der Waals surface area contributed by atoms with Crippen molar-refractivity contribution in [1.82, 2.24) is 9.88 Å². The number of para-hydroxylation sites is 1. The van der Waals surface area contributed by atoms with E-state index in [2.05, 4.69) is 9.88 Å². The van der Waals surface area contributed by atoms with Gasteiger partial charge in [-0.2, -0.15) is 0 Å². The highest BCUT2D eigenvalue weighted by Crippen LogP contribution is 2.44. The number of likely N-dealkylation sites (tertiary alicyclic amines) is 1. The number of rotatable bonds is 3. The molecule has 5 nitrogen and oxygen atoms in total. The van der Waals surface area contributed by atoms with Crippen LogP contribution < -0.4 is 4.74 Å². The number of aliphatic hydroxyl groups excluding tert-OH is 2.